The Balaban J connectivity index is 1.31. The molecule has 0 atom stereocenters. The second-order valence-electron chi connectivity index (χ2n) is 7.74. The van der Waals surface area contributed by atoms with Gasteiger partial charge in [0.15, 0.2) is 0 Å². The zero-order chi connectivity index (χ0) is 20.2. The Morgan fingerprint density at radius 2 is 1.69 bits per heavy atom. The lowest BCUT2D eigenvalue weighted by Crippen LogP contribution is -2.44. The Bertz CT molecular complexity index is 822. The molecule has 0 bridgehead atoms. The number of amides is 1. The molecule has 0 radical (unpaired) electrons. The maximum absolute atomic E-state index is 13.2. The lowest BCUT2D eigenvalue weighted by atomic mass is 9.95. The van der Waals surface area contributed by atoms with Crippen LogP contribution in [0.1, 0.15) is 19.3 Å². The van der Waals surface area contributed by atoms with Crippen LogP contribution in [0, 0.1) is 11.7 Å². The average molecular weight is 417 g/mol. The van der Waals surface area contributed by atoms with Crippen molar-refractivity contribution in [2.75, 3.05) is 49.1 Å². The van der Waals surface area contributed by atoms with Crippen LogP contribution in [-0.4, -0.2) is 55.1 Å². The molecule has 154 valence electrons. The normalized spacial score (nSPS) is 18.6. The van der Waals surface area contributed by atoms with Gasteiger partial charge in [0.25, 0.3) is 0 Å². The topological polar surface area (TPSA) is 39.7 Å². The number of halogens is 2. The summed E-state index contributed by atoms with van der Waals surface area (Å²) in [6.45, 7) is 4.84. The second kappa shape index (κ2) is 8.99. The average Bonchev–Trinajstić information content (AvgIpc) is 3.01. The summed E-state index contributed by atoms with van der Waals surface area (Å²) in [5.41, 5.74) is 1.02. The van der Waals surface area contributed by atoms with Crippen molar-refractivity contribution in [2.24, 2.45) is 5.92 Å². The van der Waals surface area contributed by atoms with Gasteiger partial charge in [0, 0.05) is 57.1 Å². The molecule has 5 nitrogen and oxygen atoms in total. The predicted octanol–water partition coefficient (Wildman–Crippen LogP) is 3.83. The monoisotopic (exact) mass is 416 g/mol. The van der Waals surface area contributed by atoms with Crippen LogP contribution < -0.4 is 9.80 Å². The SMILES string of the molecule is O=C(C1CCN(c2ccc(Cl)cn2)CC1)N1CCCN(c2ccc(F)cc2)CC1. The third-order valence-corrected chi connectivity index (χ3v) is 6.10. The van der Waals surface area contributed by atoms with E-state index < -0.39 is 0 Å². The minimum absolute atomic E-state index is 0.0796. The summed E-state index contributed by atoms with van der Waals surface area (Å²) < 4.78 is 13.2. The van der Waals surface area contributed by atoms with Crippen LogP contribution in [0.15, 0.2) is 42.6 Å². The Labute approximate surface area is 176 Å². The molecule has 0 aliphatic carbocycles. The first-order valence-electron chi connectivity index (χ1n) is 10.3. The molecule has 1 aromatic heterocycles. The summed E-state index contributed by atoms with van der Waals surface area (Å²) in [6, 6.07) is 10.4. The van der Waals surface area contributed by atoms with Gasteiger partial charge in [-0.15, -0.1) is 0 Å². The predicted molar refractivity (Wildman–Crippen MR) is 114 cm³/mol. The van der Waals surface area contributed by atoms with E-state index >= 15 is 0 Å². The highest BCUT2D eigenvalue weighted by Gasteiger charge is 2.30. The highest BCUT2D eigenvalue weighted by atomic mass is 35.5. The molecule has 2 saturated heterocycles. The number of nitrogens with zero attached hydrogens (tertiary/aromatic N) is 4. The van der Waals surface area contributed by atoms with Gasteiger partial charge in [-0.25, -0.2) is 9.37 Å². The summed E-state index contributed by atoms with van der Waals surface area (Å²) in [5, 5.41) is 0.634. The first kappa shape index (κ1) is 20.0. The van der Waals surface area contributed by atoms with Gasteiger partial charge in [-0.05, 0) is 55.7 Å². The largest absolute Gasteiger partial charge is 0.370 e. The van der Waals surface area contributed by atoms with Crippen LogP contribution in [0.5, 0.6) is 0 Å². The molecule has 29 heavy (non-hydrogen) atoms. The van der Waals surface area contributed by atoms with Gasteiger partial charge in [0.2, 0.25) is 5.91 Å². The third kappa shape index (κ3) is 4.81. The first-order valence-corrected chi connectivity index (χ1v) is 10.6. The van der Waals surface area contributed by atoms with Gasteiger partial charge in [0.05, 0.1) is 5.02 Å². The van der Waals surface area contributed by atoms with Gasteiger partial charge >= 0.3 is 0 Å². The van der Waals surface area contributed by atoms with E-state index in [1.54, 1.807) is 6.20 Å². The number of hydrogen-bond donors (Lipinski definition) is 0. The molecule has 1 amide bonds. The summed E-state index contributed by atoms with van der Waals surface area (Å²) in [7, 11) is 0. The quantitative estimate of drug-likeness (QED) is 0.762. The number of piperidine rings is 1. The molecule has 7 heteroatoms. The van der Waals surface area contributed by atoms with Crippen LogP contribution in [0.2, 0.25) is 5.02 Å². The second-order valence-corrected chi connectivity index (χ2v) is 8.17. The number of pyridine rings is 1. The van der Waals surface area contributed by atoms with Crippen LogP contribution in [0.25, 0.3) is 0 Å². The standard InChI is InChI=1S/C22H26ClFN4O/c23-18-2-7-21(25-16-18)27-12-8-17(9-13-27)22(29)28-11-1-10-26(14-15-28)20-5-3-19(24)4-6-20/h2-7,16-17H,1,8-15H2. The fourth-order valence-corrected chi connectivity index (χ4v) is 4.33. The molecule has 2 aliphatic rings. The number of aromatic nitrogens is 1. The zero-order valence-electron chi connectivity index (χ0n) is 16.4. The Morgan fingerprint density at radius 1 is 0.931 bits per heavy atom. The van der Waals surface area contributed by atoms with Crippen molar-refractivity contribution in [3.05, 3.63) is 53.4 Å². The molecule has 0 spiro atoms. The fraction of sp³-hybridized carbons (Fsp3) is 0.455. The van der Waals surface area contributed by atoms with Crippen LogP contribution >= 0.6 is 11.6 Å². The number of carbonyl (C=O) groups is 1. The van der Waals surface area contributed by atoms with Crippen LogP contribution in [0.3, 0.4) is 0 Å². The van der Waals surface area contributed by atoms with Gasteiger partial charge in [0.1, 0.15) is 11.6 Å². The van der Waals surface area contributed by atoms with Gasteiger partial charge in [-0.3, -0.25) is 4.79 Å². The highest BCUT2D eigenvalue weighted by molar-refractivity contribution is 6.30. The number of rotatable bonds is 3. The van der Waals surface area contributed by atoms with E-state index in [0.29, 0.717) is 5.02 Å². The highest BCUT2D eigenvalue weighted by Crippen LogP contribution is 2.25. The Morgan fingerprint density at radius 3 is 2.38 bits per heavy atom. The van der Waals surface area contributed by atoms with Gasteiger partial charge in [-0.1, -0.05) is 11.6 Å². The van der Waals surface area contributed by atoms with E-state index in [1.165, 1.54) is 12.1 Å². The van der Waals surface area contributed by atoms with Crippen molar-refractivity contribution in [2.45, 2.75) is 19.3 Å². The maximum Gasteiger partial charge on any atom is 0.225 e. The van der Waals surface area contributed by atoms with E-state index in [9.17, 15) is 9.18 Å². The van der Waals surface area contributed by atoms with Crippen molar-refractivity contribution in [3.63, 3.8) is 0 Å². The molecular weight excluding hydrogens is 391 g/mol. The molecule has 2 aromatic rings. The smallest absolute Gasteiger partial charge is 0.225 e. The minimum Gasteiger partial charge on any atom is -0.370 e. The number of benzene rings is 1. The van der Waals surface area contributed by atoms with Crippen molar-refractivity contribution in [1.29, 1.82) is 0 Å². The molecule has 0 unspecified atom stereocenters. The van der Waals surface area contributed by atoms with Crippen molar-refractivity contribution in [3.8, 4) is 0 Å². The maximum atomic E-state index is 13.2. The van der Waals surface area contributed by atoms with E-state index in [-0.39, 0.29) is 17.6 Å². The van der Waals surface area contributed by atoms with E-state index in [0.717, 1.165) is 70.0 Å². The molecular formula is C22H26ClFN4O. The summed E-state index contributed by atoms with van der Waals surface area (Å²) in [4.78, 5) is 24.0. The fourth-order valence-electron chi connectivity index (χ4n) is 4.22. The lowest BCUT2D eigenvalue weighted by Gasteiger charge is -2.34. The Kier molecular flexibility index (Phi) is 6.19. The third-order valence-electron chi connectivity index (χ3n) is 5.88. The Hall–Kier alpha value is -2.34. The molecule has 4 rings (SSSR count). The van der Waals surface area contributed by atoms with Crippen LogP contribution in [-0.2, 0) is 4.79 Å². The number of carbonyl (C=O) groups excluding carboxylic acids is 1. The molecule has 2 aliphatic heterocycles. The van der Waals surface area contributed by atoms with Gasteiger partial charge in [-0.2, -0.15) is 0 Å². The van der Waals surface area contributed by atoms with E-state index in [4.69, 9.17) is 11.6 Å². The van der Waals surface area contributed by atoms with Crippen LogP contribution in [0.4, 0.5) is 15.9 Å². The molecule has 2 fully saturated rings. The molecule has 3 heterocycles. The first-order chi connectivity index (χ1) is 14.1. The minimum atomic E-state index is -0.222. The summed E-state index contributed by atoms with van der Waals surface area (Å²) in [6.07, 6.45) is 4.29. The molecule has 0 N–H and O–H groups in total. The summed E-state index contributed by atoms with van der Waals surface area (Å²) in [5.74, 6) is 1.05. The van der Waals surface area contributed by atoms with Crippen molar-refractivity contribution < 1.29 is 9.18 Å². The van der Waals surface area contributed by atoms with Gasteiger partial charge < -0.3 is 14.7 Å². The number of hydrogen-bond acceptors (Lipinski definition) is 4. The van der Waals surface area contributed by atoms with Crippen molar-refractivity contribution >= 4 is 29.0 Å². The van der Waals surface area contributed by atoms with E-state index in [1.807, 2.05) is 29.2 Å². The number of anilines is 2. The summed E-state index contributed by atoms with van der Waals surface area (Å²) >= 11 is 5.92. The molecule has 0 saturated carbocycles. The molecule has 1 aromatic carbocycles. The zero-order valence-corrected chi connectivity index (χ0v) is 17.2. The van der Waals surface area contributed by atoms with Crippen molar-refractivity contribution in [1.82, 2.24) is 9.88 Å². The van der Waals surface area contributed by atoms with E-state index in [2.05, 4.69) is 14.8 Å². The lowest BCUT2D eigenvalue weighted by molar-refractivity contribution is -0.135.